The number of amides is 2. The maximum atomic E-state index is 13.3. The van der Waals surface area contributed by atoms with Crippen LogP contribution in [0.2, 0.25) is 0 Å². The Morgan fingerprint density at radius 2 is 2.16 bits per heavy atom. The molecular weight excluding hydrogens is 245 g/mol. The Morgan fingerprint density at radius 1 is 1.42 bits per heavy atom. The monoisotopic (exact) mass is 265 g/mol. The van der Waals surface area contributed by atoms with E-state index in [1.807, 2.05) is 14.1 Å². The molecule has 0 aliphatic carbocycles. The molecule has 1 N–H and O–H groups in total. The summed E-state index contributed by atoms with van der Waals surface area (Å²) < 4.78 is 13.3. The molecule has 0 saturated carbocycles. The Kier molecular flexibility index (Phi) is 4.04. The fourth-order valence-electron chi connectivity index (χ4n) is 2.36. The summed E-state index contributed by atoms with van der Waals surface area (Å²) in [5, 5.41) is 2.75. The number of halogens is 1. The second-order valence-electron chi connectivity index (χ2n) is 5.30. The minimum absolute atomic E-state index is 0.158. The smallest absolute Gasteiger partial charge is 0.321 e. The minimum atomic E-state index is -0.331. The first-order chi connectivity index (χ1) is 8.95. The first kappa shape index (κ1) is 13.8. The summed E-state index contributed by atoms with van der Waals surface area (Å²) in [6, 6.07) is 4.78. The van der Waals surface area contributed by atoms with E-state index in [1.54, 1.807) is 17.9 Å². The molecule has 1 aromatic carbocycles. The van der Waals surface area contributed by atoms with E-state index in [1.165, 1.54) is 12.1 Å². The highest BCUT2D eigenvalue weighted by Gasteiger charge is 2.27. The SMILES string of the molecule is Cc1cc(F)cc(NC(=O)N2CC[C@H](N(C)C)C2)c1. The quantitative estimate of drug-likeness (QED) is 0.890. The van der Waals surface area contributed by atoms with E-state index in [4.69, 9.17) is 0 Å². The van der Waals surface area contributed by atoms with E-state index in [0.717, 1.165) is 18.5 Å². The lowest BCUT2D eigenvalue weighted by Crippen LogP contribution is -2.36. The summed E-state index contributed by atoms with van der Waals surface area (Å²) >= 11 is 0. The number of nitrogens with one attached hydrogen (secondary N) is 1. The van der Waals surface area contributed by atoms with Crippen molar-refractivity contribution in [1.82, 2.24) is 9.80 Å². The highest BCUT2D eigenvalue weighted by Crippen LogP contribution is 2.17. The lowest BCUT2D eigenvalue weighted by Gasteiger charge is -2.20. The van der Waals surface area contributed by atoms with Crippen molar-refractivity contribution in [2.75, 3.05) is 32.5 Å². The minimum Gasteiger partial charge on any atom is -0.323 e. The van der Waals surface area contributed by atoms with Gasteiger partial charge in [-0.05, 0) is 51.2 Å². The predicted molar refractivity (Wildman–Crippen MR) is 73.8 cm³/mol. The normalized spacial score (nSPS) is 19.0. The van der Waals surface area contributed by atoms with Crippen LogP contribution in [0, 0.1) is 12.7 Å². The molecule has 1 atom stereocenters. The molecule has 19 heavy (non-hydrogen) atoms. The zero-order valence-corrected chi connectivity index (χ0v) is 11.6. The number of rotatable bonds is 2. The number of benzene rings is 1. The van der Waals surface area contributed by atoms with Gasteiger partial charge < -0.3 is 15.1 Å². The average molecular weight is 265 g/mol. The lowest BCUT2D eigenvalue weighted by atomic mass is 10.2. The number of hydrogen-bond donors (Lipinski definition) is 1. The van der Waals surface area contributed by atoms with Crippen LogP contribution >= 0.6 is 0 Å². The van der Waals surface area contributed by atoms with Crippen LogP contribution in [0.25, 0.3) is 0 Å². The van der Waals surface area contributed by atoms with Gasteiger partial charge in [0.25, 0.3) is 0 Å². The van der Waals surface area contributed by atoms with Crippen LogP contribution in [0.1, 0.15) is 12.0 Å². The number of nitrogens with zero attached hydrogens (tertiary/aromatic N) is 2. The summed E-state index contributed by atoms with van der Waals surface area (Å²) in [4.78, 5) is 16.0. The maximum Gasteiger partial charge on any atom is 0.321 e. The van der Waals surface area contributed by atoms with Crippen LogP contribution in [-0.2, 0) is 0 Å². The Balaban J connectivity index is 1.98. The Bertz CT molecular complexity index is 456. The van der Waals surface area contributed by atoms with Gasteiger partial charge in [-0.2, -0.15) is 0 Å². The molecule has 1 fully saturated rings. The molecule has 1 saturated heterocycles. The van der Waals surface area contributed by atoms with Gasteiger partial charge in [0.1, 0.15) is 5.82 Å². The maximum absolute atomic E-state index is 13.3. The second-order valence-corrected chi connectivity index (χ2v) is 5.30. The molecule has 2 amide bonds. The number of likely N-dealkylation sites (N-methyl/N-ethyl adjacent to an activating group) is 1. The van der Waals surface area contributed by atoms with Crippen molar-refractivity contribution in [2.24, 2.45) is 0 Å². The van der Waals surface area contributed by atoms with Gasteiger partial charge in [0.05, 0.1) is 0 Å². The van der Waals surface area contributed by atoms with Crippen molar-refractivity contribution in [3.63, 3.8) is 0 Å². The summed E-state index contributed by atoms with van der Waals surface area (Å²) in [5.41, 5.74) is 1.30. The number of aryl methyl sites for hydroxylation is 1. The number of hydrogen-bond acceptors (Lipinski definition) is 2. The average Bonchev–Trinajstić information content (AvgIpc) is 2.76. The number of anilines is 1. The Morgan fingerprint density at radius 3 is 2.74 bits per heavy atom. The molecule has 1 aromatic rings. The van der Waals surface area contributed by atoms with Crippen molar-refractivity contribution in [1.29, 1.82) is 0 Å². The molecule has 0 aromatic heterocycles. The first-order valence-corrected chi connectivity index (χ1v) is 6.45. The van der Waals surface area contributed by atoms with E-state index in [2.05, 4.69) is 10.2 Å². The van der Waals surface area contributed by atoms with Crippen LogP contribution in [0.15, 0.2) is 18.2 Å². The van der Waals surface area contributed by atoms with Gasteiger partial charge >= 0.3 is 6.03 Å². The van der Waals surface area contributed by atoms with Gasteiger partial charge in [-0.3, -0.25) is 0 Å². The third-order valence-corrected chi connectivity index (χ3v) is 3.47. The number of carbonyl (C=O) groups excluding carboxylic acids is 1. The third-order valence-electron chi connectivity index (χ3n) is 3.47. The van der Waals surface area contributed by atoms with Crippen LogP contribution in [0.3, 0.4) is 0 Å². The van der Waals surface area contributed by atoms with Crippen molar-refractivity contribution < 1.29 is 9.18 Å². The summed E-state index contributed by atoms with van der Waals surface area (Å²) in [6.07, 6.45) is 0.975. The molecule has 5 heteroatoms. The van der Waals surface area contributed by atoms with E-state index >= 15 is 0 Å². The Hall–Kier alpha value is -1.62. The number of likely N-dealkylation sites (tertiary alicyclic amines) is 1. The van der Waals surface area contributed by atoms with E-state index in [9.17, 15) is 9.18 Å². The van der Waals surface area contributed by atoms with Crippen molar-refractivity contribution >= 4 is 11.7 Å². The molecule has 1 heterocycles. The van der Waals surface area contributed by atoms with Gasteiger partial charge in [-0.25, -0.2) is 9.18 Å². The predicted octanol–water partition coefficient (Wildman–Crippen LogP) is 2.30. The van der Waals surface area contributed by atoms with Crippen molar-refractivity contribution in [3.8, 4) is 0 Å². The largest absolute Gasteiger partial charge is 0.323 e. The zero-order chi connectivity index (χ0) is 14.0. The third kappa shape index (κ3) is 3.44. The molecule has 0 radical (unpaired) electrons. The second kappa shape index (κ2) is 5.57. The van der Waals surface area contributed by atoms with Crippen molar-refractivity contribution in [3.05, 3.63) is 29.6 Å². The van der Waals surface area contributed by atoms with Crippen LogP contribution in [0.5, 0.6) is 0 Å². The fourth-order valence-corrected chi connectivity index (χ4v) is 2.36. The molecule has 0 spiro atoms. The van der Waals surface area contributed by atoms with E-state index in [-0.39, 0.29) is 11.8 Å². The fraction of sp³-hybridized carbons (Fsp3) is 0.500. The molecule has 0 bridgehead atoms. The van der Waals surface area contributed by atoms with Gasteiger partial charge in [0, 0.05) is 24.8 Å². The lowest BCUT2D eigenvalue weighted by molar-refractivity contribution is 0.216. The van der Waals surface area contributed by atoms with Gasteiger partial charge in [0.2, 0.25) is 0 Å². The summed E-state index contributed by atoms with van der Waals surface area (Å²) in [5.74, 6) is -0.331. The van der Waals surface area contributed by atoms with Gasteiger partial charge in [0.15, 0.2) is 0 Å². The van der Waals surface area contributed by atoms with Gasteiger partial charge in [-0.1, -0.05) is 0 Å². The van der Waals surface area contributed by atoms with Crippen LogP contribution in [0.4, 0.5) is 14.9 Å². The first-order valence-electron chi connectivity index (χ1n) is 6.45. The van der Waals surface area contributed by atoms with Crippen molar-refractivity contribution in [2.45, 2.75) is 19.4 Å². The molecule has 1 aliphatic heterocycles. The van der Waals surface area contributed by atoms with E-state index < -0.39 is 0 Å². The molecule has 1 aliphatic rings. The highest BCUT2D eigenvalue weighted by molar-refractivity contribution is 5.89. The van der Waals surface area contributed by atoms with Crippen LogP contribution < -0.4 is 5.32 Å². The summed E-state index contributed by atoms with van der Waals surface area (Å²) in [7, 11) is 4.03. The number of carbonyl (C=O) groups is 1. The Labute approximate surface area is 113 Å². The molecule has 4 nitrogen and oxygen atoms in total. The summed E-state index contributed by atoms with van der Waals surface area (Å²) in [6.45, 7) is 3.26. The molecule has 0 unspecified atom stereocenters. The standard InChI is InChI=1S/C14H20FN3O/c1-10-6-11(15)8-12(7-10)16-14(19)18-5-4-13(9-18)17(2)3/h6-8,13H,4-5,9H2,1-3H3,(H,16,19)/t13-/m0/s1. The topological polar surface area (TPSA) is 35.6 Å². The molecule has 2 rings (SSSR count). The van der Waals surface area contributed by atoms with E-state index in [0.29, 0.717) is 18.3 Å². The van der Waals surface area contributed by atoms with Gasteiger partial charge in [-0.15, -0.1) is 0 Å². The zero-order valence-electron chi connectivity index (χ0n) is 11.6. The highest BCUT2D eigenvalue weighted by atomic mass is 19.1. The molecular formula is C14H20FN3O. The number of urea groups is 1. The molecule has 104 valence electrons. The van der Waals surface area contributed by atoms with Crippen LogP contribution in [-0.4, -0.2) is 49.1 Å².